The lowest BCUT2D eigenvalue weighted by molar-refractivity contribution is -0.139. The second kappa shape index (κ2) is 7.94. The first-order valence-corrected chi connectivity index (χ1v) is 7.89. The van der Waals surface area contributed by atoms with E-state index in [0.717, 1.165) is 16.3 Å². The Morgan fingerprint density at radius 1 is 1.00 bits per heavy atom. The third-order valence-electron chi connectivity index (χ3n) is 3.63. The first-order valence-electron chi connectivity index (χ1n) is 7.89. The van der Waals surface area contributed by atoms with Gasteiger partial charge in [-0.15, -0.1) is 0 Å². The summed E-state index contributed by atoms with van der Waals surface area (Å²) < 4.78 is 5.04. The van der Waals surface area contributed by atoms with Crippen molar-refractivity contribution in [1.82, 2.24) is 5.43 Å². The molecule has 3 aromatic carbocycles. The van der Waals surface area contributed by atoms with E-state index in [1.54, 1.807) is 30.3 Å². The molecule has 0 bridgehead atoms. The van der Waals surface area contributed by atoms with Crippen molar-refractivity contribution in [3.05, 3.63) is 77.9 Å². The zero-order valence-corrected chi connectivity index (χ0v) is 13.8. The van der Waals surface area contributed by atoms with Crippen LogP contribution in [0.15, 0.2) is 71.8 Å². The summed E-state index contributed by atoms with van der Waals surface area (Å²) in [4.78, 5) is 22.6. The SMILES string of the molecule is O=C(O)COc1ccc(/C=N\NC(=O)c2ccc3ccccc3c2)cc1. The Hall–Kier alpha value is -3.67. The maximum absolute atomic E-state index is 12.2. The molecule has 0 saturated heterocycles. The van der Waals surface area contributed by atoms with E-state index in [1.165, 1.54) is 6.21 Å². The van der Waals surface area contributed by atoms with Crippen molar-refractivity contribution in [2.45, 2.75) is 0 Å². The van der Waals surface area contributed by atoms with Crippen molar-refractivity contribution in [2.75, 3.05) is 6.61 Å². The number of rotatable bonds is 6. The van der Waals surface area contributed by atoms with Crippen LogP contribution in [-0.4, -0.2) is 29.8 Å². The number of hydrogen-bond donors (Lipinski definition) is 2. The van der Waals surface area contributed by atoms with Gasteiger partial charge in [-0.2, -0.15) is 5.10 Å². The van der Waals surface area contributed by atoms with E-state index >= 15 is 0 Å². The lowest BCUT2D eigenvalue weighted by atomic mass is 10.1. The summed E-state index contributed by atoms with van der Waals surface area (Å²) in [6, 6.07) is 20.0. The zero-order valence-electron chi connectivity index (χ0n) is 13.8. The molecule has 2 N–H and O–H groups in total. The number of aliphatic carboxylic acids is 1. The third-order valence-corrected chi connectivity index (χ3v) is 3.63. The second-order valence-corrected chi connectivity index (χ2v) is 5.51. The number of ether oxygens (including phenoxy) is 1. The lowest BCUT2D eigenvalue weighted by Gasteiger charge is -2.03. The van der Waals surface area contributed by atoms with Crippen LogP contribution in [0.3, 0.4) is 0 Å². The van der Waals surface area contributed by atoms with E-state index in [1.807, 2.05) is 36.4 Å². The van der Waals surface area contributed by atoms with Gasteiger partial charge in [0.2, 0.25) is 0 Å². The predicted molar refractivity (Wildman–Crippen MR) is 98.6 cm³/mol. The van der Waals surface area contributed by atoms with Gasteiger partial charge in [0.1, 0.15) is 5.75 Å². The average molecular weight is 348 g/mol. The summed E-state index contributed by atoms with van der Waals surface area (Å²) in [6.45, 7) is -0.394. The van der Waals surface area contributed by atoms with Crippen LogP contribution in [0.1, 0.15) is 15.9 Å². The molecular weight excluding hydrogens is 332 g/mol. The Balaban J connectivity index is 1.60. The van der Waals surface area contributed by atoms with Gasteiger partial charge in [0, 0.05) is 5.56 Å². The molecule has 26 heavy (non-hydrogen) atoms. The van der Waals surface area contributed by atoms with Crippen molar-refractivity contribution < 1.29 is 19.4 Å². The molecule has 0 radical (unpaired) electrons. The van der Waals surface area contributed by atoms with Crippen LogP contribution < -0.4 is 10.2 Å². The Bertz CT molecular complexity index is 965. The summed E-state index contributed by atoms with van der Waals surface area (Å²) in [5, 5.41) is 14.6. The Labute approximate surface area is 149 Å². The standard InChI is InChI=1S/C20H16N2O4/c23-19(24)13-26-18-9-5-14(6-10-18)12-21-22-20(25)17-8-7-15-3-1-2-4-16(15)11-17/h1-12H,13H2,(H,22,25)(H,23,24)/b21-12-. The number of fused-ring (bicyclic) bond motifs is 1. The van der Waals surface area contributed by atoms with E-state index in [2.05, 4.69) is 10.5 Å². The quantitative estimate of drug-likeness (QED) is 0.529. The molecule has 0 unspecified atom stereocenters. The van der Waals surface area contributed by atoms with Gasteiger partial charge in [-0.25, -0.2) is 10.2 Å². The highest BCUT2D eigenvalue weighted by Gasteiger charge is 2.05. The number of carboxylic acid groups (broad SMARTS) is 1. The van der Waals surface area contributed by atoms with Gasteiger partial charge in [-0.1, -0.05) is 30.3 Å². The van der Waals surface area contributed by atoms with Crippen molar-refractivity contribution in [1.29, 1.82) is 0 Å². The normalized spacial score (nSPS) is 10.8. The fourth-order valence-electron chi connectivity index (χ4n) is 2.36. The van der Waals surface area contributed by atoms with Crippen LogP contribution in [0.5, 0.6) is 5.75 Å². The number of benzene rings is 3. The van der Waals surface area contributed by atoms with Gasteiger partial charge in [-0.05, 0) is 52.7 Å². The van der Waals surface area contributed by atoms with E-state index in [-0.39, 0.29) is 5.91 Å². The number of amides is 1. The van der Waals surface area contributed by atoms with Crippen molar-refractivity contribution >= 4 is 28.9 Å². The number of carbonyl (C=O) groups excluding carboxylic acids is 1. The summed E-state index contributed by atoms with van der Waals surface area (Å²) in [5.41, 5.74) is 3.76. The molecule has 6 heteroatoms. The fraction of sp³-hybridized carbons (Fsp3) is 0.0500. The van der Waals surface area contributed by atoms with Crippen LogP contribution in [-0.2, 0) is 4.79 Å². The number of carboxylic acids is 1. The fourth-order valence-corrected chi connectivity index (χ4v) is 2.36. The van der Waals surface area contributed by atoms with Gasteiger partial charge >= 0.3 is 5.97 Å². The monoisotopic (exact) mass is 348 g/mol. The Morgan fingerprint density at radius 2 is 1.73 bits per heavy atom. The number of nitrogens with zero attached hydrogens (tertiary/aromatic N) is 1. The molecule has 1 amide bonds. The van der Waals surface area contributed by atoms with Crippen LogP contribution in [0.2, 0.25) is 0 Å². The Morgan fingerprint density at radius 3 is 2.46 bits per heavy atom. The zero-order chi connectivity index (χ0) is 18.4. The lowest BCUT2D eigenvalue weighted by Crippen LogP contribution is -2.17. The van der Waals surface area contributed by atoms with Crippen LogP contribution in [0, 0.1) is 0 Å². The molecule has 0 heterocycles. The molecular formula is C20H16N2O4. The highest BCUT2D eigenvalue weighted by Crippen LogP contribution is 2.15. The van der Waals surface area contributed by atoms with Gasteiger partial charge in [-0.3, -0.25) is 4.79 Å². The number of nitrogens with one attached hydrogen (secondary N) is 1. The molecule has 0 aromatic heterocycles. The predicted octanol–water partition coefficient (Wildman–Crippen LogP) is 3.07. The highest BCUT2D eigenvalue weighted by molar-refractivity contribution is 5.98. The number of hydrazone groups is 1. The second-order valence-electron chi connectivity index (χ2n) is 5.51. The summed E-state index contributed by atoms with van der Waals surface area (Å²) in [6.07, 6.45) is 1.50. The van der Waals surface area contributed by atoms with E-state index in [0.29, 0.717) is 11.3 Å². The van der Waals surface area contributed by atoms with Crippen LogP contribution >= 0.6 is 0 Å². The molecule has 0 spiro atoms. The molecule has 6 nitrogen and oxygen atoms in total. The molecule has 0 fully saturated rings. The molecule has 3 aromatic rings. The van der Waals surface area contributed by atoms with Gasteiger partial charge in [0.25, 0.3) is 5.91 Å². The molecule has 0 saturated carbocycles. The maximum Gasteiger partial charge on any atom is 0.341 e. The van der Waals surface area contributed by atoms with Gasteiger partial charge in [0.05, 0.1) is 6.21 Å². The van der Waals surface area contributed by atoms with E-state index < -0.39 is 12.6 Å². The first-order chi connectivity index (χ1) is 12.6. The topological polar surface area (TPSA) is 88.0 Å². The average Bonchev–Trinajstić information content (AvgIpc) is 2.67. The summed E-state index contributed by atoms with van der Waals surface area (Å²) in [5.74, 6) is -0.884. The molecule has 0 aliphatic carbocycles. The first kappa shape index (κ1) is 17.2. The summed E-state index contributed by atoms with van der Waals surface area (Å²) in [7, 11) is 0. The number of hydrogen-bond acceptors (Lipinski definition) is 4. The number of carbonyl (C=O) groups is 2. The van der Waals surface area contributed by atoms with Gasteiger partial charge in [0.15, 0.2) is 6.61 Å². The molecule has 130 valence electrons. The van der Waals surface area contributed by atoms with Crippen molar-refractivity contribution in [2.24, 2.45) is 5.10 Å². The Kier molecular flexibility index (Phi) is 5.24. The van der Waals surface area contributed by atoms with Crippen LogP contribution in [0.4, 0.5) is 0 Å². The molecule has 0 atom stereocenters. The minimum atomic E-state index is -1.04. The maximum atomic E-state index is 12.2. The molecule has 0 aliphatic heterocycles. The van der Waals surface area contributed by atoms with Crippen molar-refractivity contribution in [3.8, 4) is 5.75 Å². The minimum Gasteiger partial charge on any atom is -0.482 e. The summed E-state index contributed by atoms with van der Waals surface area (Å²) >= 11 is 0. The van der Waals surface area contributed by atoms with Gasteiger partial charge < -0.3 is 9.84 Å². The van der Waals surface area contributed by atoms with E-state index in [9.17, 15) is 9.59 Å². The van der Waals surface area contributed by atoms with E-state index in [4.69, 9.17) is 9.84 Å². The highest BCUT2D eigenvalue weighted by atomic mass is 16.5. The third kappa shape index (κ3) is 4.45. The van der Waals surface area contributed by atoms with Crippen molar-refractivity contribution in [3.63, 3.8) is 0 Å². The largest absolute Gasteiger partial charge is 0.482 e. The van der Waals surface area contributed by atoms with Crippen LogP contribution in [0.25, 0.3) is 10.8 Å². The minimum absolute atomic E-state index is 0.298. The molecule has 3 rings (SSSR count). The smallest absolute Gasteiger partial charge is 0.341 e. The molecule has 0 aliphatic rings.